The molecule has 5 nitrogen and oxygen atoms in total. The summed E-state index contributed by atoms with van der Waals surface area (Å²) in [5, 5.41) is 3.15. The second kappa shape index (κ2) is 6.07. The summed E-state index contributed by atoms with van der Waals surface area (Å²) in [5.74, 6) is 0.283. The standard InChI is InChI=1S/C11H18N4O/c1-8(12)3-2-6-14-10-5-4-9(7-15-10)11(13)16/h4-5,7-8H,2-3,6,12H2,1H3,(H2,13,16)(H,14,15). The van der Waals surface area contributed by atoms with E-state index in [1.165, 1.54) is 6.20 Å². The number of rotatable bonds is 6. The molecular formula is C11H18N4O. The number of nitrogens with zero attached hydrogens (tertiary/aromatic N) is 1. The van der Waals surface area contributed by atoms with Crippen molar-refractivity contribution in [1.82, 2.24) is 4.98 Å². The maximum absolute atomic E-state index is 10.8. The van der Waals surface area contributed by atoms with Crippen molar-refractivity contribution in [3.05, 3.63) is 23.9 Å². The van der Waals surface area contributed by atoms with Gasteiger partial charge in [0, 0.05) is 18.8 Å². The summed E-state index contributed by atoms with van der Waals surface area (Å²) in [6.07, 6.45) is 3.44. The number of hydrogen-bond acceptors (Lipinski definition) is 4. The Labute approximate surface area is 95.2 Å². The first-order chi connectivity index (χ1) is 7.59. The molecule has 0 fully saturated rings. The van der Waals surface area contributed by atoms with E-state index in [2.05, 4.69) is 10.3 Å². The molecule has 0 aliphatic rings. The van der Waals surface area contributed by atoms with Gasteiger partial charge in [-0.15, -0.1) is 0 Å². The predicted molar refractivity (Wildman–Crippen MR) is 64.1 cm³/mol. The molecule has 0 saturated heterocycles. The second-order valence-corrected chi connectivity index (χ2v) is 3.84. The van der Waals surface area contributed by atoms with Gasteiger partial charge < -0.3 is 16.8 Å². The van der Waals surface area contributed by atoms with E-state index >= 15 is 0 Å². The number of amides is 1. The smallest absolute Gasteiger partial charge is 0.250 e. The fourth-order valence-corrected chi connectivity index (χ4v) is 1.28. The van der Waals surface area contributed by atoms with Crippen LogP contribution in [0.5, 0.6) is 0 Å². The van der Waals surface area contributed by atoms with E-state index in [-0.39, 0.29) is 6.04 Å². The van der Waals surface area contributed by atoms with Crippen LogP contribution in [0.25, 0.3) is 0 Å². The highest BCUT2D eigenvalue weighted by atomic mass is 16.1. The average Bonchev–Trinajstić information content (AvgIpc) is 2.25. The lowest BCUT2D eigenvalue weighted by atomic mass is 10.2. The van der Waals surface area contributed by atoms with Crippen molar-refractivity contribution in [1.29, 1.82) is 0 Å². The average molecular weight is 222 g/mol. The van der Waals surface area contributed by atoms with Gasteiger partial charge in [-0.2, -0.15) is 0 Å². The molecule has 0 spiro atoms. The van der Waals surface area contributed by atoms with Crippen LogP contribution < -0.4 is 16.8 Å². The van der Waals surface area contributed by atoms with Crippen LogP contribution in [0.3, 0.4) is 0 Å². The maximum atomic E-state index is 10.8. The van der Waals surface area contributed by atoms with Crippen molar-refractivity contribution in [3.8, 4) is 0 Å². The summed E-state index contributed by atoms with van der Waals surface area (Å²) in [6.45, 7) is 2.81. The Kier molecular flexibility index (Phi) is 4.72. The molecule has 0 aliphatic carbocycles. The molecule has 1 heterocycles. The predicted octanol–water partition coefficient (Wildman–Crippen LogP) is 0.720. The van der Waals surface area contributed by atoms with Gasteiger partial charge in [0.15, 0.2) is 0 Å². The number of anilines is 1. The molecule has 1 aromatic rings. The van der Waals surface area contributed by atoms with Gasteiger partial charge in [0.2, 0.25) is 5.91 Å². The van der Waals surface area contributed by atoms with Gasteiger partial charge in [-0.05, 0) is 31.9 Å². The zero-order valence-corrected chi connectivity index (χ0v) is 9.44. The minimum Gasteiger partial charge on any atom is -0.370 e. The molecule has 1 unspecified atom stereocenters. The fourth-order valence-electron chi connectivity index (χ4n) is 1.28. The van der Waals surface area contributed by atoms with Crippen LogP contribution in [0.1, 0.15) is 30.1 Å². The highest BCUT2D eigenvalue weighted by Crippen LogP contribution is 2.05. The molecule has 1 amide bonds. The van der Waals surface area contributed by atoms with Gasteiger partial charge in [-0.1, -0.05) is 0 Å². The highest BCUT2D eigenvalue weighted by Gasteiger charge is 2.00. The molecule has 0 saturated carbocycles. The zero-order valence-electron chi connectivity index (χ0n) is 9.44. The summed E-state index contributed by atoms with van der Waals surface area (Å²) >= 11 is 0. The minimum atomic E-state index is -0.462. The Bertz CT molecular complexity index is 334. The van der Waals surface area contributed by atoms with E-state index in [1.807, 2.05) is 6.92 Å². The van der Waals surface area contributed by atoms with Crippen LogP contribution in [0.2, 0.25) is 0 Å². The molecular weight excluding hydrogens is 204 g/mol. The molecule has 0 bridgehead atoms. The Balaban J connectivity index is 2.35. The largest absolute Gasteiger partial charge is 0.370 e. The quantitative estimate of drug-likeness (QED) is 0.618. The highest BCUT2D eigenvalue weighted by molar-refractivity contribution is 5.92. The summed E-state index contributed by atoms with van der Waals surface area (Å²) in [7, 11) is 0. The van der Waals surface area contributed by atoms with Crippen LogP contribution in [-0.2, 0) is 0 Å². The van der Waals surface area contributed by atoms with Crippen molar-refractivity contribution < 1.29 is 4.79 Å². The number of hydrogen-bond donors (Lipinski definition) is 3. The van der Waals surface area contributed by atoms with Gasteiger partial charge in [0.1, 0.15) is 5.82 Å². The van der Waals surface area contributed by atoms with Crippen LogP contribution in [0.4, 0.5) is 5.82 Å². The SMILES string of the molecule is CC(N)CCCNc1ccc(C(N)=O)cn1. The van der Waals surface area contributed by atoms with Gasteiger partial charge in [0.25, 0.3) is 0 Å². The molecule has 0 aliphatic heterocycles. The van der Waals surface area contributed by atoms with Crippen molar-refractivity contribution in [2.45, 2.75) is 25.8 Å². The Morgan fingerprint density at radius 3 is 2.81 bits per heavy atom. The third-order valence-corrected chi connectivity index (χ3v) is 2.19. The van der Waals surface area contributed by atoms with E-state index in [4.69, 9.17) is 11.5 Å². The van der Waals surface area contributed by atoms with Crippen molar-refractivity contribution in [2.75, 3.05) is 11.9 Å². The lowest BCUT2D eigenvalue weighted by Gasteiger charge is -2.07. The molecule has 5 heteroatoms. The number of aromatic nitrogens is 1. The van der Waals surface area contributed by atoms with Crippen molar-refractivity contribution in [3.63, 3.8) is 0 Å². The van der Waals surface area contributed by atoms with E-state index in [1.54, 1.807) is 12.1 Å². The molecule has 1 aromatic heterocycles. The van der Waals surface area contributed by atoms with Gasteiger partial charge in [0.05, 0.1) is 5.56 Å². The Hall–Kier alpha value is -1.62. The van der Waals surface area contributed by atoms with Crippen LogP contribution >= 0.6 is 0 Å². The zero-order chi connectivity index (χ0) is 12.0. The van der Waals surface area contributed by atoms with Crippen LogP contribution in [0, 0.1) is 0 Å². The molecule has 1 rings (SSSR count). The number of nitrogens with two attached hydrogens (primary N) is 2. The molecule has 16 heavy (non-hydrogen) atoms. The Morgan fingerprint density at radius 1 is 1.56 bits per heavy atom. The number of primary amides is 1. The summed E-state index contributed by atoms with van der Waals surface area (Å²) in [5.41, 5.74) is 11.2. The van der Waals surface area contributed by atoms with Crippen LogP contribution in [-0.4, -0.2) is 23.5 Å². The first-order valence-corrected chi connectivity index (χ1v) is 5.35. The fraction of sp³-hybridized carbons (Fsp3) is 0.455. The summed E-state index contributed by atoms with van der Waals surface area (Å²) in [6, 6.07) is 3.63. The molecule has 1 atom stereocenters. The van der Waals surface area contributed by atoms with Crippen molar-refractivity contribution >= 4 is 11.7 Å². The van der Waals surface area contributed by atoms with E-state index in [0.29, 0.717) is 5.56 Å². The molecule has 5 N–H and O–H groups in total. The van der Waals surface area contributed by atoms with E-state index < -0.39 is 5.91 Å². The number of pyridine rings is 1. The topological polar surface area (TPSA) is 94.0 Å². The first-order valence-electron chi connectivity index (χ1n) is 5.35. The van der Waals surface area contributed by atoms with Crippen LogP contribution in [0.15, 0.2) is 18.3 Å². The van der Waals surface area contributed by atoms with Gasteiger partial charge in [-0.3, -0.25) is 4.79 Å². The number of carbonyl (C=O) groups is 1. The maximum Gasteiger partial charge on any atom is 0.250 e. The molecule has 88 valence electrons. The normalized spacial score (nSPS) is 12.1. The lowest BCUT2D eigenvalue weighted by Crippen LogP contribution is -2.16. The number of carbonyl (C=O) groups excluding carboxylic acids is 1. The third kappa shape index (κ3) is 4.27. The van der Waals surface area contributed by atoms with E-state index in [0.717, 1.165) is 25.2 Å². The van der Waals surface area contributed by atoms with Gasteiger partial charge >= 0.3 is 0 Å². The van der Waals surface area contributed by atoms with Crippen molar-refractivity contribution in [2.24, 2.45) is 11.5 Å². The van der Waals surface area contributed by atoms with E-state index in [9.17, 15) is 4.79 Å². The molecule has 0 aromatic carbocycles. The molecule has 0 radical (unpaired) electrons. The lowest BCUT2D eigenvalue weighted by molar-refractivity contribution is 0.1000. The minimum absolute atomic E-state index is 0.229. The Morgan fingerprint density at radius 2 is 2.31 bits per heavy atom. The monoisotopic (exact) mass is 222 g/mol. The third-order valence-electron chi connectivity index (χ3n) is 2.19. The first kappa shape index (κ1) is 12.4. The second-order valence-electron chi connectivity index (χ2n) is 3.84. The summed E-state index contributed by atoms with van der Waals surface area (Å²) < 4.78 is 0. The summed E-state index contributed by atoms with van der Waals surface area (Å²) in [4.78, 5) is 14.9. The van der Waals surface area contributed by atoms with Gasteiger partial charge in [-0.25, -0.2) is 4.98 Å². The number of nitrogens with one attached hydrogen (secondary N) is 1.